The fourth-order valence-electron chi connectivity index (χ4n) is 2.04. The van der Waals surface area contributed by atoms with Crippen LogP contribution in [0.25, 0.3) is 0 Å². The van der Waals surface area contributed by atoms with Crippen LogP contribution in [-0.4, -0.2) is 48.2 Å². The van der Waals surface area contributed by atoms with E-state index in [1.54, 1.807) is 4.90 Å². The van der Waals surface area contributed by atoms with Crippen molar-refractivity contribution >= 4 is 12.1 Å². The van der Waals surface area contributed by atoms with E-state index in [9.17, 15) is 4.79 Å². The third-order valence-electron chi connectivity index (χ3n) is 3.18. The minimum Gasteiger partial charge on any atom is -0.444 e. The normalized spacial score (nSPS) is 16.6. The summed E-state index contributed by atoms with van der Waals surface area (Å²) in [6.45, 7) is 9.77. The molecule has 1 aliphatic heterocycles. The standard InChI is InChI=1S/C15H30N4O2/c1-5-6-7-8-9-17-13(16)18-12-10-19(11-12)14(20)21-15(2,3)4/h12H,5-11H2,1-4H3,(H3,16,17,18). The fourth-order valence-corrected chi connectivity index (χ4v) is 2.04. The third kappa shape index (κ3) is 7.20. The molecule has 1 heterocycles. The number of hydrogen-bond acceptors (Lipinski definition) is 3. The predicted octanol–water partition coefficient (Wildman–Crippen LogP) is 2.09. The number of ether oxygens (including phenoxy) is 1. The molecule has 0 aromatic carbocycles. The van der Waals surface area contributed by atoms with Crippen LogP contribution in [-0.2, 0) is 4.74 Å². The molecular weight excluding hydrogens is 268 g/mol. The molecule has 1 aliphatic rings. The average Bonchev–Trinajstić information content (AvgIpc) is 2.30. The van der Waals surface area contributed by atoms with Gasteiger partial charge in [0.2, 0.25) is 0 Å². The summed E-state index contributed by atoms with van der Waals surface area (Å²) < 4.78 is 5.30. The minimum atomic E-state index is -0.450. The van der Waals surface area contributed by atoms with Gasteiger partial charge < -0.3 is 20.7 Å². The number of unbranched alkanes of at least 4 members (excludes halogenated alkanes) is 3. The summed E-state index contributed by atoms with van der Waals surface area (Å²) in [6.07, 6.45) is 4.47. The Kier molecular flexibility index (Phi) is 6.78. The number of nitrogens with zero attached hydrogens (tertiary/aromatic N) is 2. The topological polar surface area (TPSA) is 80.0 Å². The van der Waals surface area contributed by atoms with E-state index in [-0.39, 0.29) is 12.1 Å². The summed E-state index contributed by atoms with van der Waals surface area (Å²) in [6, 6.07) is 0.178. The van der Waals surface area contributed by atoms with Crippen molar-refractivity contribution in [1.29, 1.82) is 0 Å². The first-order chi connectivity index (χ1) is 9.81. The van der Waals surface area contributed by atoms with Gasteiger partial charge in [0.25, 0.3) is 0 Å². The maximum absolute atomic E-state index is 11.8. The van der Waals surface area contributed by atoms with E-state index < -0.39 is 5.60 Å². The van der Waals surface area contributed by atoms with Gasteiger partial charge in [-0.25, -0.2) is 4.79 Å². The van der Waals surface area contributed by atoms with Crippen molar-refractivity contribution in [1.82, 2.24) is 10.2 Å². The zero-order chi connectivity index (χ0) is 15.9. The molecule has 0 aromatic heterocycles. The van der Waals surface area contributed by atoms with Gasteiger partial charge >= 0.3 is 6.09 Å². The molecular formula is C15H30N4O2. The molecule has 0 spiro atoms. The molecule has 0 unspecified atom stereocenters. The average molecular weight is 298 g/mol. The zero-order valence-corrected chi connectivity index (χ0v) is 13.8. The SMILES string of the molecule is CCCCCCN=C(N)NC1CN(C(=O)OC(C)(C)C)C1. The molecule has 3 N–H and O–H groups in total. The van der Waals surface area contributed by atoms with Gasteiger partial charge in [0.1, 0.15) is 5.60 Å². The molecule has 0 aliphatic carbocycles. The lowest BCUT2D eigenvalue weighted by Gasteiger charge is -2.40. The van der Waals surface area contributed by atoms with Crippen LogP contribution in [0.4, 0.5) is 4.79 Å². The summed E-state index contributed by atoms with van der Waals surface area (Å²) in [4.78, 5) is 17.7. The highest BCUT2D eigenvalue weighted by Gasteiger charge is 2.33. The first kappa shape index (κ1) is 17.6. The largest absolute Gasteiger partial charge is 0.444 e. The zero-order valence-electron chi connectivity index (χ0n) is 13.8. The first-order valence-electron chi connectivity index (χ1n) is 7.86. The molecule has 122 valence electrons. The van der Waals surface area contributed by atoms with Crippen molar-refractivity contribution in [2.24, 2.45) is 10.7 Å². The second-order valence-corrected chi connectivity index (χ2v) is 6.55. The van der Waals surface area contributed by atoms with Gasteiger partial charge in [-0.15, -0.1) is 0 Å². The molecule has 0 aromatic rings. The number of carbonyl (C=O) groups is 1. The fraction of sp³-hybridized carbons (Fsp3) is 0.867. The molecule has 0 bridgehead atoms. The monoisotopic (exact) mass is 298 g/mol. The molecule has 1 saturated heterocycles. The summed E-state index contributed by atoms with van der Waals surface area (Å²) in [7, 11) is 0. The van der Waals surface area contributed by atoms with Crippen LogP contribution < -0.4 is 11.1 Å². The summed E-state index contributed by atoms with van der Waals surface area (Å²) in [5.74, 6) is 0.473. The Bertz CT molecular complexity index is 357. The highest BCUT2D eigenvalue weighted by Crippen LogP contribution is 2.14. The van der Waals surface area contributed by atoms with E-state index in [1.165, 1.54) is 19.3 Å². The van der Waals surface area contributed by atoms with Crippen LogP contribution in [0.5, 0.6) is 0 Å². The number of hydrogen-bond donors (Lipinski definition) is 2. The maximum atomic E-state index is 11.8. The smallest absolute Gasteiger partial charge is 0.410 e. The Labute approximate surface area is 128 Å². The van der Waals surface area contributed by atoms with Gasteiger partial charge in [-0.1, -0.05) is 26.2 Å². The highest BCUT2D eigenvalue weighted by atomic mass is 16.6. The van der Waals surface area contributed by atoms with E-state index >= 15 is 0 Å². The van der Waals surface area contributed by atoms with E-state index in [0.29, 0.717) is 19.0 Å². The van der Waals surface area contributed by atoms with Gasteiger partial charge in [0.05, 0.1) is 6.04 Å². The predicted molar refractivity (Wildman–Crippen MR) is 85.4 cm³/mol. The van der Waals surface area contributed by atoms with E-state index in [4.69, 9.17) is 10.5 Å². The van der Waals surface area contributed by atoms with Crippen LogP contribution in [0, 0.1) is 0 Å². The van der Waals surface area contributed by atoms with Crippen molar-refractivity contribution in [2.75, 3.05) is 19.6 Å². The lowest BCUT2D eigenvalue weighted by molar-refractivity contribution is 0.00706. The van der Waals surface area contributed by atoms with Crippen LogP contribution in [0.3, 0.4) is 0 Å². The molecule has 6 nitrogen and oxygen atoms in total. The van der Waals surface area contributed by atoms with Gasteiger partial charge in [-0.05, 0) is 27.2 Å². The number of carbonyl (C=O) groups excluding carboxylic acids is 1. The van der Waals surface area contributed by atoms with Crippen LogP contribution in [0.2, 0.25) is 0 Å². The Hall–Kier alpha value is -1.46. The number of nitrogens with one attached hydrogen (secondary N) is 1. The van der Waals surface area contributed by atoms with Crippen LogP contribution in [0.1, 0.15) is 53.4 Å². The first-order valence-corrected chi connectivity index (χ1v) is 7.86. The number of amides is 1. The Balaban J connectivity index is 2.16. The Morgan fingerprint density at radius 3 is 2.57 bits per heavy atom. The van der Waals surface area contributed by atoms with Gasteiger partial charge in [-0.3, -0.25) is 4.99 Å². The number of likely N-dealkylation sites (tertiary alicyclic amines) is 1. The number of aliphatic imine (C=N–C) groups is 1. The summed E-state index contributed by atoms with van der Waals surface area (Å²) in [5.41, 5.74) is 5.38. The molecule has 0 radical (unpaired) electrons. The number of nitrogens with two attached hydrogens (primary N) is 1. The molecule has 6 heteroatoms. The van der Waals surface area contributed by atoms with Crippen LogP contribution in [0.15, 0.2) is 4.99 Å². The third-order valence-corrected chi connectivity index (χ3v) is 3.18. The van der Waals surface area contributed by atoms with E-state index in [0.717, 1.165) is 13.0 Å². The van der Waals surface area contributed by atoms with E-state index in [2.05, 4.69) is 17.2 Å². The Morgan fingerprint density at radius 2 is 2.00 bits per heavy atom. The van der Waals surface area contributed by atoms with Crippen molar-refractivity contribution < 1.29 is 9.53 Å². The maximum Gasteiger partial charge on any atom is 0.410 e. The molecule has 1 rings (SSSR count). The van der Waals surface area contributed by atoms with E-state index in [1.807, 2.05) is 20.8 Å². The van der Waals surface area contributed by atoms with Crippen molar-refractivity contribution in [2.45, 2.75) is 65.0 Å². The molecule has 1 fully saturated rings. The lowest BCUT2D eigenvalue weighted by atomic mass is 10.1. The number of rotatable bonds is 6. The van der Waals surface area contributed by atoms with Gasteiger partial charge in [-0.2, -0.15) is 0 Å². The summed E-state index contributed by atoms with van der Waals surface area (Å²) in [5, 5.41) is 3.13. The van der Waals surface area contributed by atoms with Crippen molar-refractivity contribution in [3.8, 4) is 0 Å². The van der Waals surface area contributed by atoms with Crippen molar-refractivity contribution in [3.63, 3.8) is 0 Å². The second kappa shape index (κ2) is 8.10. The van der Waals surface area contributed by atoms with Gasteiger partial charge in [0.15, 0.2) is 5.96 Å². The summed E-state index contributed by atoms with van der Waals surface area (Å²) >= 11 is 0. The molecule has 21 heavy (non-hydrogen) atoms. The number of guanidine groups is 1. The van der Waals surface area contributed by atoms with Gasteiger partial charge in [0, 0.05) is 19.6 Å². The molecule has 0 saturated carbocycles. The highest BCUT2D eigenvalue weighted by molar-refractivity contribution is 5.78. The van der Waals surface area contributed by atoms with Crippen molar-refractivity contribution in [3.05, 3.63) is 0 Å². The quantitative estimate of drug-likeness (QED) is 0.447. The molecule has 0 atom stereocenters. The minimum absolute atomic E-state index is 0.178. The second-order valence-electron chi connectivity index (χ2n) is 6.55. The lowest BCUT2D eigenvalue weighted by Crippen LogP contribution is -2.62. The molecule has 1 amide bonds. The van der Waals surface area contributed by atoms with Crippen LogP contribution >= 0.6 is 0 Å². The Morgan fingerprint density at radius 1 is 1.33 bits per heavy atom.